The summed E-state index contributed by atoms with van der Waals surface area (Å²) < 4.78 is 5.10. The minimum absolute atomic E-state index is 0.0696. The fourth-order valence-corrected chi connectivity index (χ4v) is 4.42. The Morgan fingerprint density at radius 1 is 1.22 bits per heavy atom. The van der Waals surface area contributed by atoms with Crippen LogP contribution in [0.15, 0.2) is 18.2 Å². The van der Waals surface area contributed by atoms with Crippen LogP contribution >= 0.6 is 0 Å². The molecule has 3 rings (SSSR count). The van der Waals surface area contributed by atoms with Gasteiger partial charge in [0.15, 0.2) is 0 Å². The van der Waals surface area contributed by atoms with Crippen molar-refractivity contribution in [1.29, 1.82) is 0 Å². The average Bonchev–Trinajstić information content (AvgIpc) is 2.94. The number of likely N-dealkylation sites (tertiary alicyclic amines) is 2. The highest BCUT2D eigenvalue weighted by Gasteiger charge is 2.45. The molecule has 0 N–H and O–H groups in total. The molecule has 1 aromatic rings. The molecule has 2 heterocycles. The van der Waals surface area contributed by atoms with E-state index in [1.807, 2.05) is 9.80 Å². The fourth-order valence-electron chi connectivity index (χ4n) is 4.42. The van der Waals surface area contributed by atoms with Gasteiger partial charge in [-0.2, -0.15) is 0 Å². The lowest BCUT2D eigenvalue weighted by Gasteiger charge is -2.39. The third-order valence-corrected chi connectivity index (χ3v) is 6.20. The van der Waals surface area contributed by atoms with Crippen molar-refractivity contribution in [1.82, 2.24) is 9.80 Å². The molecule has 2 saturated heterocycles. The van der Waals surface area contributed by atoms with Crippen LogP contribution in [0.4, 0.5) is 0 Å². The molecule has 27 heavy (non-hydrogen) atoms. The number of carbonyl (C=O) groups is 2. The molecule has 2 aliphatic rings. The standard InChI is InChI=1S/C22H32N2O3/c1-17-5-6-18(2)19(13-17)14-20(25)23-10-7-22(8-11-23)15-21(26)24(16-22)9-4-12-27-3/h5-6,13H,4,7-12,14-16H2,1-3H3. The van der Waals surface area contributed by atoms with Gasteiger partial charge >= 0.3 is 0 Å². The Hall–Kier alpha value is -1.88. The predicted octanol–water partition coefficient (Wildman–Crippen LogP) is 2.72. The van der Waals surface area contributed by atoms with Crippen LogP contribution in [0.1, 0.15) is 42.4 Å². The normalized spacial score (nSPS) is 19.1. The molecule has 0 saturated carbocycles. The first-order valence-corrected chi connectivity index (χ1v) is 10.0. The van der Waals surface area contributed by atoms with Crippen LogP contribution in [-0.2, 0) is 20.7 Å². The lowest BCUT2D eigenvalue weighted by molar-refractivity contribution is -0.132. The molecule has 148 valence electrons. The summed E-state index contributed by atoms with van der Waals surface area (Å²) in [6, 6.07) is 6.29. The summed E-state index contributed by atoms with van der Waals surface area (Å²) in [5.74, 6) is 0.473. The second-order valence-corrected chi connectivity index (χ2v) is 8.33. The maximum Gasteiger partial charge on any atom is 0.227 e. The van der Waals surface area contributed by atoms with Crippen molar-refractivity contribution in [3.63, 3.8) is 0 Å². The van der Waals surface area contributed by atoms with Gasteiger partial charge in [-0.1, -0.05) is 23.8 Å². The van der Waals surface area contributed by atoms with Gasteiger partial charge in [0.05, 0.1) is 6.42 Å². The minimum atomic E-state index is 0.0696. The number of carbonyl (C=O) groups excluding carboxylic acids is 2. The van der Waals surface area contributed by atoms with E-state index in [-0.39, 0.29) is 17.2 Å². The Balaban J connectivity index is 1.53. The van der Waals surface area contributed by atoms with Gasteiger partial charge in [0.1, 0.15) is 0 Å². The summed E-state index contributed by atoms with van der Waals surface area (Å²) in [5.41, 5.74) is 3.57. The number of methoxy groups -OCH3 is 1. The van der Waals surface area contributed by atoms with Crippen molar-refractivity contribution >= 4 is 11.8 Å². The van der Waals surface area contributed by atoms with Crippen molar-refractivity contribution in [2.75, 3.05) is 39.9 Å². The molecule has 0 aromatic heterocycles. The molecule has 0 unspecified atom stereocenters. The molecule has 0 bridgehead atoms. The van der Waals surface area contributed by atoms with E-state index >= 15 is 0 Å². The molecule has 0 radical (unpaired) electrons. The van der Waals surface area contributed by atoms with Gasteiger partial charge in [-0.25, -0.2) is 0 Å². The van der Waals surface area contributed by atoms with Gasteiger partial charge in [-0.15, -0.1) is 0 Å². The fraction of sp³-hybridized carbons (Fsp3) is 0.636. The lowest BCUT2D eigenvalue weighted by atomic mass is 9.77. The van der Waals surface area contributed by atoms with Crippen LogP contribution in [0, 0.1) is 19.3 Å². The van der Waals surface area contributed by atoms with Gasteiger partial charge in [0.2, 0.25) is 11.8 Å². The first kappa shape index (κ1) is 19.9. The molecule has 5 heteroatoms. The molecule has 0 atom stereocenters. The SMILES string of the molecule is COCCCN1CC2(CCN(C(=O)Cc3cc(C)ccc3C)CC2)CC1=O. The predicted molar refractivity (Wildman–Crippen MR) is 106 cm³/mol. The molecule has 0 aliphatic carbocycles. The summed E-state index contributed by atoms with van der Waals surface area (Å²) in [6.07, 6.45) is 3.86. The number of piperidine rings is 1. The van der Waals surface area contributed by atoms with E-state index in [9.17, 15) is 9.59 Å². The number of hydrogen-bond donors (Lipinski definition) is 0. The van der Waals surface area contributed by atoms with Crippen LogP contribution in [-0.4, -0.2) is 61.5 Å². The molecule has 5 nitrogen and oxygen atoms in total. The zero-order valence-electron chi connectivity index (χ0n) is 16.9. The number of hydrogen-bond acceptors (Lipinski definition) is 3. The number of rotatable bonds is 6. The number of amides is 2. The van der Waals surface area contributed by atoms with Gasteiger partial charge in [-0.05, 0) is 44.2 Å². The highest BCUT2D eigenvalue weighted by molar-refractivity contribution is 5.81. The zero-order valence-corrected chi connectivity index (χ0v) is 16.9. The summed E-state index contributed by atoms with van der Waals surface area (Å²) in [7, 11) is 1.69. The number of nitrogens with zero attached hydrogens (tertiary/aromatic N) is 2. The first-order chi connectivity index (χ1) is 12.9. The van der Waals surface area contributed by atoms with E-state index in [4.69, 9.17) is 4.74 Å². The average molecular weight is 373 g/mol. The molecule has 2 aliphatic heterocycles. The van der Waals surface area contributed by atoms with E-state index in [1.165, 1.54) is 11.1 Å². The van der Waals surface area contributed by atoms with Crippen molar-refractivity contribution in [3.05, 3.63) is 34.9 Å². The quantitative estimate of drug-likeness (QED) is 0.722. The molecular formula is C22H32N2O3. The van der Waals surface area contributed by atoms with E-state index in [0.717, 1.165) is 51.0 Å². The third kappa shape index (κ3) is 4.70. The Labute approximate surface area is 162 Å². The molecule has 2 fully saturated rings. The van der Waals surface area contributed by atoms with Crippen LogP contribution < -0.4 is 0 Å². The monoisotopic (exact) mass is 372 g/mol. The topological polar surface area (TPSA) is 49.9 Å². The van der Waals surface area contributed by atoms with Crippen LogP contribution in [0.2, 0.25) is 0 Å². The molecule has 2 amide bonds. The van der Waals surface area contributed by atoms with E-state index < -0.39 is 0 Å². The number of aryl methyl sites for hydroxylation is 2. The lowest BCUT2D eigenvalue weighted by Crippen LogP contribution is -2.44. The second-order valence-electron chi connectivity index (χ2n) is 8.33. The maximum atomic E-state index is 12.8. The van der Waals surface area contributed by atoms with E-state index in [1.54, 1.807) is 7.11 Å². The van der Waals surface area contributed by atoms with Crippen LogP contribution in [0.25, 0.3) is 0 Å². The Bertz CT molecular complexity index is 693. The first-order valence-electron chi connectivity index (χ1n) is 10.0. The van der Waals surface area contributed by atoms with E-state index in [2.05, 4.69) is 32.0 Å². The van der Waals surface area contributed by atoms with Gasteiger partial charge in [0, 0.05) is 51.7 Å². The van der Waals surface area contributed by atoms with Crippen molar-refractivity contribution in [2.24, 2.45) is 5.41 Å². The van der Waals surface area contributed by atoms with Gasteiger partial charge in [-0.3, -0.25) is 9.59 Å². The summed E-state index contributed by atoms with van der Waals surface area (Å²) in [6.45, 7) is 7.98. The molecule has 1 aromatic carbocycles. The maximum absolute atomic E-state index is 12.8. The van der Waals surface area contributed by atoms with Crippen molar-refractivity contribution in [2.45, 2.75) is 46.0 Å². The Morgan fingerprint density at radius 3 is 2.67 bits per heavy atom. The second kappa shape index (κ2) is 8.42. The largest absolute Gasteiger partial charge is 0.385 e. The van der Waals surface area contributed by atoms with Crippen LogP contribution in [0.5, 0.6) is 0 Å². The molecule has 1 spiro atoms. The summed E-state index contributed by atoms with van der Waals surface area (Å²) in [4.78, 5) is 29.1. The Kier molecular flexibility index (Phi) is 6.20. The number of benzene rings is 1. The Morgan fingerprint density at radius 2 is 1.96 bits per heavy atom. The van der Waals surface area contributed by atoms with Crippen molar-refractivity contribution in [3.8, 4) is 0 Å². The van der Waals surface area contributed by atoms with Crippen LogP contribution in [0.3, 0.4) is 0 Å². The zero-order chi connectivity index (χ0) is 19.4. The van der Waals surface area contributed by atoms with Crippen molar-refractivity contribution < 1.29 is 14.3 Å². The summed E-state index contributed by atoms with van der Waals surface area (Å²) in [5, 5.41) is 0. The molecular weight excluding hydrogens is 340 g/mol. The third-order valence-electron chi connectivity index (χ3n) is 6.20. The smallest absolute Gasteiger partial charge is 0.227 e. The highest BCUT2D eigenvalue weighted by Crippen LogP contribution is 2.41. The highest BCUT2D eigenvalue weighted by atomic mass is 16.5. The summed E-state index contributed by atoms with van der Waals surface area (Å²) >= 11 is 0. The van der Waals surface area contributed by atoms with Gasteiger partial charge in [0.25, 0.3) is 0 Å². The number of ether oxygens (including phenoxy) is 1. The van der Waals surface area contributed by atoms with Gasteiger partial charge < -0.3 is 14.5 Å². The minimum Gasteiger partial charge on any atom is -0.385 e. The van der Waals surface area contributed by atoms with E-state index in [0.29, 0.717) is 19.4 Å².